The minimum absolute atomic E-state index is 0. The first-order valence-corrected chi connectivity index (χ1v) is 4.15. The summed E-state index contributed by atoms with van der Waals surface area (Å²) in [7, 11) is 0. The van der Waals surface area contributed by atoms with Crippen LogP contribution in [0.5, 0.6) is 0 Å². The van der Waals surface area contributed by atoms with Crippen LogP contribution in [0.4, 0.5) is 0 Å². The van der Waals surface area contributed by atoms with Crippen molar-refractivity contribution in [1.29, 1.82) is 0 Å². The van der Waals surface area contributed by atoms with Crippen molar-refractivity contribution in [2.24, 2.45) is 0 Å². The first-order chi connectivity index (χ1) is 5.41. The van der Waals surface area contributed by atoms with Gasteiger partial charge in [0, 0.05) is 13.2 Å². The van der Waals surface area contributed by atoms with Crippen molar-refractivity contribution in [3.8, 4) is 0 Å². The van der Waals surface area contributed by atoms with E-state index >= 15 is 0 Å². The SMILES string of the molecule is CCOCCOCCOCC.N.N. The highest BCUT2D eigenvalue weighted by atomic mass is 16.5. The lowest BCUT2D eigenvalue weighted by Gasteiger charge is -2.03. The van der Waals surface area contributed by atoms with Crippen molar-refractivity contribution in [3.63, 3.8) is 0 Å². The van der Waals surface area contributed by atoms with Crippen molar-refractivity contribution in [2.45, 2.75) is 13.8 Å². The average molecular weight is 196 g/mol. The number of hydrogen-bond acceptors (Lipinski definition) is 5. The van der Waals surface area contributed by atoms with E-state index in [-0.39, 0.29) is 12.3 Å². The first-order valence-electron chi connectivity index (χ1n) is 4.15. The van der Waals surface area contributed by atoms with Crippen LogP contribution in [-0.4, -0.2) is 39.6 Å². The van der Waals surface area contributed by atoms with Gasteiger partial charge in [-0.3, -0.25) is 0 Å². The van der Waals surface area contributed by atoms with E-state index in [0.29, 0.717) is 26.4 Å². The summed E-state index contributed by atoms with van der Waals surface area (Å²) < 4.78 is 15.3. The van der Waals surface area contributed by atoms with Crippen LogP contribution < -0.4 is 12.3 Å². The second-order valence-corrected chi connectivity index (χ2v) is 2.01. The zero-order valence-electron chi connectivity index (χ0n) is 8.88. The highest BCUT2D eigenvalue weighted by Gasteiger charge is 1.87. The molecule has 0 amide bonds. The molecule has 0 aromatic rings. The van der Waals surface area contributed by atoms with Gasteiger partial charge in [0.1, 0.15) is 0 Å². The highest BCUT2D eigenvalue weighted by Crippen LogP contribution is 1.79. The molecular formula is C8H24N2O3. The van der Waals surface area contributed by atoms with Gasteiger partial charge < -0.3 is 26.5 Å². The normalized spacial score (nSPS) is 8.77. The smallest absolute Gasteiger partial charge is 0.0701 e. The lowest BCUT2D eigenvalue weighted by atomic mass is 10.7. The molecule has 0 aromatic carbocycles. The molecule has 0 saturated heterocycles. The molecule has 84 valence electrons. The fourth-order valence-electron chi connectivity index (χ4n) is 0.626. The molecule has 0 aliphatic heterocycles. The van der Waals surface area contributed by atoms with E-state index in [1.165, 1.54) is 0 Å². The predicted molar refractivity (Wildman–Crippen MR) is 53.8 cm³/mol. The maximum absolute atomic E-state index is 5.19. The third-order valence-corrected chi connectivity index (χ3v) is 1.15. The lowest BCUT2D eigenvalue weighted by Crippen LogP contribution is -2.08. The molecule has 5 nitrogen and oxygen atoms in total. The van der Waals surface area contributed by atoms with Crippen LogP contribution in [0.15, 0.2) is 0 Å². The summed E-state index contributed by atoms with van der Waals surface area (Å²) in [4.78, 5) is 0. The van der Waals surface area contributed by atoms with Gasteiger partial charge in [0.05, 0.1) is 26.4 Å². The summed E-state index contributed by atoms with van der Waals surface area (Å²) in [5.41, 5.74) is 0. The molecule has 0 spiro atoms. The summed E-state index contributed by atoms with van der Waals surface area (Å²) in [6, 6.07) is 0. The van der Waals surface area contributed by atoms with E-state index in [4.69, 9.17) is 14.2 Å². The molecule has 0 heterocycles. The average Bonchev–Trinajstić information content (AvgIpc) is 2.03. The quantitative estimate of drug-likeness (QED) is 0.572. The van der Waals surface area contributed by atoms with Crippen molar-refractivity contribution >= 4 is 0 Å². The molecule has 0 rings (SSSR count). The van der Waals surface area contributed by atoms with Gasteiger partial charge in [0.15, 0.2) is 0 Å². The Labute approximate surface area is 80.9 Å². The minimum atomic E-state index is 0. The molecule has 0 fully saturated rings. The Balaban J connectivity index is -0.000000500. The van der Waals surface area contributed by atoms with E-state index in [9.17, 15) is 0 Å². The van der Waals surface area contributed by atoms with E-state index in [1.54, 1.807) is 0 Å². The van der Waals surface area contributed by atoms with E-state index in [2.05, 4.69) is 0 Å². The fraction of sp³-hybridized carbons (Fsp3) is 1.00. The second-order valence-electron chi connectivity index (χ2n) is 2.01. The number of hydrogen-bond donors (Lipinski definition) is 2. The summed E-state index contributed by atoms with van der Waals surface area (Å²) in [5, 5.41) is 0. The largest absolute Gasteiger partial charge is 0.379 e. The molecule has 6 N–H and O–H groups in total. The molecule has 0 aliphatic carbocycles. The summed E-state index contributed by atoms with van der Waals surface area (Å²) in [5.74, 6) is 0. The van der Waals surface area contributed by atoms with Crippen molar-refractivity contribution in [1.82, 2.24) is 12.3 Å². The summed E-state index contributed by atoms with van der Waals surface area (Å²) in [6.07, 6.45) is 0. The van der Waals surface area contributed by atoms with Crippen molar-refractivity contribution in [2.75, 3.05) is 39.6 Å². The summed E-state index contributed by atoms with van der Waals surface area (Å²) in [6.45, 7) is 8.16. The van der Waals surface area contributed by atoms with Crippen LogP contribution in [0.3, 0.4) is 0 Å². The molecule has 0 aromatic heterocycles. The Bertz CT molecular complexity index is 66.4. The third-order valence-electron chi connectivity index (χ3n) is 1.15. The molecular weight excluding hydrogens is 172 g/mol. The van der Waals surface area contributed by atoms with Crippen molar-refractivity contribution < 1.29 is 14.2 Å². The van der Waals surface area contributed by atoms with Gasteiger partial charge >= 0.3 is 0 Å². The topological polar surface area (TPSA) is 97.7 Å². The number of rotatable bonds is 8. The van der Waals surface area contributed by atoms with Crippen LogP contribution in [0.1, 0.15) is 13.8 Å². The Hall–Kier alpha value is -0.200. The van der Waals surface area contributed by atoms with Gasteiger partial charge in [0.25, 0.3) is 0 Å². The van der Waals surface area contributed by atoms with Gasteiger partial charge in [-0.15, -0.1) is 0 Å². The van der Waals surface area contributed by atoms with Crippen LogP contribution in [0.25, 0.3) is 0 Å². The standard InChI is InChI=1S/C8H18O3.2H3N/c1-3-9-5-7-11-8-6-10-4-2;;/h3-8H2,1-2H3;2*1H3. The van der Waals surface area contributed by atoms with Gasteiger partial charge in [-0.25, -0.2) is 0 Å². The predicted octanol–water partition coefficient (Wildman–Crippen LogP) is 1.40. The lowest BCUT2D eigenvalue weighted by molar-refractivity contribution is 0.0195. The van der Waals surface area contributed by atoms with Crippen molar-refractivity contribution in [3.05, 3.63) is 0 Å². The highest BCUT2D eigenvalue weighted by molar-refractivity contribution is 4.30. The van der Waals surface area contributed by atoms with E-state index < -0.39 is 0 Å². The maximum atomic E-state index is 5.19. The Morgan fingerprint density at radius 1 is 0.615 bits per heavy atom. The fourth-order valence-corrected chi connectivity index (χ4v) is 0.626. The molecule has 13 heavy (non-hydrogen) atoms. The second kappa shape index (κ2) is 17.8. The molecule has 0 saturated carbocycles. The first kappa shape index (κ1) is 18.6. The maximum Gasteiger partial charge on any atom is 0.0701 e. The molecule has 0 radical (unpaired) electrons. The van der Waals surface area contributed by atoms with Gasteiger partial charge in [-0.2, -0.15) is 0 Å². The molecule has 0 unspecified atom stereocenters. The Kier molecular flexibility index (Phi) is 25.4. The van der Waals surface area contributed by atoms with E-state index in [0.717, 1.165) is 13.2 Å². The zero-order chi connectivity index (χ0) is 8.36. The zero-order valence-corrected chi connectivity index (χ0v) is 8.88. The van der Waals surface area contributed by atoms with Crippen LogP contribution >= 0.6 is 0 Å². The summed E-state index contributed by atoms with van der Waals surface area (Å²) >= 11 is 0. The minimum Gasteiger partial charge on any atom is -0.379 e. The molecule has 0 atom stereocenters. The van der Waals surface area contributed by atoms with E-state index in [1.807, 2.05) is 13.8 Å². The molecule has 0 aliphatic rings. The Morgan fingerprint density at radius 3 is 1.23 bits per heavy atom. The molecule has 0 bridgehead atoms. The van der Waals surface area contributed by atoms with Crippen LogP contribution in [0.2, 0.25) is 0 Å². The van der Waals surface area contributed by atoms with Crippen LogP contribution in [0, 0.1) is 0 Å². The van der Waals surface area contributed by atoms with Gasteiger partial charge in [0.2, 0.25) is 0 Å². The van der Waals surface area contributed by atoms with Gasteiger partial charge in [-0.1, -0.05) is 0 Å². The Morgan fingerprint density at radius 2 is 0.923 bits per heavy atom. The van der Waals surface area contributed by atoms with Gasteiger partial charge in [-0.05, 0) is 13.8 Å². The van der Waals surface area contributed by atoms with Crippen LogP contribution in [-0.2, 0) is 14.2 Å². The molecule has 5 heteroatoms. The number of ether oxygens (including phenoxy) is 3. The third kappa shape index (κ3) is 18.6. The monoisotopic (exact) mass is 196 g/mol.